The average Bonchev–Trinajstić information content (AvgIpc) is 3.94. The molecule has 0 saturated heterocycles. The van der Waals surface area contributed by atoms with Crippen LogP contribution in [-0.4, -0.2) is 0 Å². The first-order valence-electron chi connectivity index (χ1n) is 22.3. The Morgan fingerprint density at radius 3 is 1.86 bits per heavy atom. The summed E-state index contributed by atoms with van der Waals surface area (Å²) in [4.78, 5) is 2.39. The molecule has 0 radical (unpaired) electrons. The topological polar surface area (TPSA) is 29.5 Å². The van der Waals surface area contributed by atoms with Gasteiger partial charge in [0.2, 0.25) is 0 Å². The number of para-hydroxylation sites is 2. The summed E-state index contributed by atoms with van der Waals surface area (Å²) in [7, 11) is 0. The van der Waals surface area contributed by atoms with Crippen molar-refractivity contribution in [1.82, 2.24) is 0 Å². The van der Waals surface area contributed by atoms with E-state index in [1.165, 1.54) is 38.4 Å². The second-order valence-electron chi connectivity index (χ2n) is 16.7. The fourth-order valence-electron chi connectivity index (χ4n) is 9.65. The molecule has 3 nitrogen and oxygen atoms in total. The number of rotatable bonds is 9. The van der Waals surface area contributed by atoms with E-state index in [0.29, 0.717) is 0 Å². The van der Waals surface area contributed by atoms with E-state index in [4.69, 9.17) is 8.83 Å². The van der Waals surface area contributed by atoms with Gasteiger partial charge in [0, 0.05) is 43.9 Å². The first-order chi connectivity index (χ1) is 32.2. The monoisotopic (exact) mass is 833 g/mol. The molecule has 0 unspecified atom stereocenters. The van der Waals surface area contributed by atoms with Crippen LogP contribution >= 0.6 is 0 Å². The van der Waals surface area contributed by atoms with Gasteiger partial charge in [0.25, 0.3) is 0 Å². The third-order valence-electron chi connectivity index (χ3n) is 12.9. The zero-order chi connectivity index (χ0) is 43.3. The molecule has 65 heavy (non-hydrogen) atoms. The Hall–Kier alpha value is -8.40. The number of anilines is 2. The molecule has 0 amide bonds. The van der Waals surface area contributed by atoms with E-state index in [1.54, 1.807) is 0 Å². The van der Waals surface area contributed by atoms with Gasteiger partial charge in [-0.2, -0.15) is 0 Å². The van der Waals surface area contributed by atoms with Crippen LogP contribution in [0.4, 0.5) is 11.4 Å². The van der Waals surface area contributed by atoms with Crippen LogP contribution in [0.2, 0.25) is 0 Å². The van der Waals surface area contributed by atoms with Crippen LogP contribution < -0.4 is 4.90 Å². The summed E-state index contributed by atoms with van der Waals surface area (Å²) in [6, 6.07) is 76.0. The lowest BCUT2D eigenvalue weighted by molar-refractivity contribution is 0.669. The van der Waals surface area contributed by atoms with Crippen molar-refractivity contribution in [3.63, 3.8) is 0 Å². The highest BCUT2D eigenvalue weighted by molar-refractivity contribution is 6.15. The molecule has 2 heterocycles. The predicted molar refractivity (Wildman–Crippen MR) is 274 cm³/mol. The highest BCUT2D eigenvalue weighted by atomic mass is 16.3. The standard InChI is InChI=1S/C62H43NO2/c1-2-48(17-11-13-41-25-37-60-56(39-41)54-21-8-10-24-59(54)64-60)63(49-34-30-43(31-35-49)42-26-28-46(29-27-42)51-22-12-16-44-14-3-5-18-50(44)51)58-23-9-7-19-52(58)47-33-38-61-57(40-47)55-36-32-45-15-4-6-20-53(45)62(55)65-61/h2-12,14-40H,13H2,1H3/b17-11-,48-2+. The third-order valence-corrected chi connectivity index (χ3v) is 12.9. The summed E-state index contributed by atoms with van der Waals surface area (Å²) in [6.07, 6.45) is 7.51. The van der Waals surface area contributed by atoms with Crippen LogP contribution in [-0.2, 0) is 6.42 Å². The average molecular weight is 834 g/mol. The summed E-state index contributed by atoms with van der Waals surface area (Å²) < 4.78 is 12.7. The minimum atomic E-state index is 0.773. The summed E-state index contributed by atoms with van der Waals surface area (Å²) >= 11 is 0. The summed E-state index contributed by atoms with van der Waals surface area (Å²) in [5.74, 6) is 0. The zero-order valence-corrected chi connectivity index (χ0v) is 35.9. The first kappa shape index (κ1) is 38.3. The summed E-state index contributed by atoms with van der Waals surface area (Å²) in [5, 5.41) is 9.33. The van der Waals surface area contributed by atoms with E-state index in [2.05, 4.69) is 230 Å². The molecule has 0 aliphatic carbocycles. The number of benzene rings is 10. The van der Waals surface area contributed by atoms with Crippen LogP contribution in [0, 0.1) is 0 Å². The molecule has 308 valence electrons. The SMILES string of the molecule is C/C=C(\C=C/Cc1ccc2oc3ccccc3c2c1)N(c1ccc(-c2ccc(-c3cccc4ccccc34)cc2)cc1)c1ccccc1-c1ccc2oc3c4ccccc4ccc3c2c1. The maximum atomic E-state index is 6.54. The number of hydrogen-bond acceptors (Lipinski definition) is 3. The molecule has 0 fully saturated rings. The minimum Gasteiger partial charge on any atom is -0.456 e. The summed E-state index contributed by atoms with van der Waals surface area (Å²) in [6.45, 7) is 2.12. The molecule has 3 heteroatoms. The number of hydrogen-bond donors (Lipinski definition) is 0. The largest absolute Gasteiger partial charge is 0.456 e. The predicted octanol–water partition coefficient (Wildman–Crippen LogP) is 17.6. The van der Waals surface area contributed by atoms with Crippen molar-refractivity contribution >= 4 is 76.8 Å². The number of fused-ring (bicyclic) bond motifs is 9. The molecule has 0 saturated carbocycles. The van der Waals surface area contributed by atoms with Gasteiger partial charge in [-0.05, 0) is 124 Å². The normalized spacial score (nSPS) is 12.2. The van der Waals surface area contributed by atoms with Crippen molar-refractivity contribution in [2.45, 2.75) is 13.3 Å². The maximum Gasteiger partial charge on any atom is 0.143 e. The molecule has 12 aromatic rings. The second kappa shape index (κ2) is 16.1. The van der Waals surface area contributed by atoms with Crippen molar-refractivity contribution < 1.29 is 8.83 Å². The molecule has 2 aromatic heterocycles. The van der Waals surface area contributed by atoms with Crippen LogP contribution in [0.5, 0.6) is 0 Å². The van der Waals surface area contributed by atoms with Gasteiger partial charge in [0.1, 0.15) is 22.3 Å². The number of nitrogens with zero attached hydrogens (tertiary/aromatic N) is 1. The Bertz CT molecular complexity index is 3800. The Balaban J connectivity index is 0.924. The molecule has 0 N–H and O–H groups in total. The first-order valence-corrected chi connectivity index (χ1v) is 22.3. The molecule has 0 atom stereocenters. The van der Waals surface area contributed by atoms with Crippen molar-refractivity contribution in [3.8, 4) is 33.4 Å². The fraction of sp³-hybridized carbons (Fsp3) is 0.0323. The molecule has 0 aliphatic heterocycles. The van der Waals surface area contributed by atoms with E-state index in [0.717, 1.165) is 89.4 Å². The van der Waals surface area contributed by atoms with Crippen molar-refractivity contribution in [2.24, 2.45) is 0 Å². The van der Waals surface area contributed by atoms with Gasteiger partial charge in [-0.1, -0.05) is 170 Å². The minimum absolute atomic E-state index is 0.773. The van der Waals surface area contributed by atoms with Crippen LogP contribution in [0.15, 0.2) is 245 Å². The van der Waals surface area contributed by atoms with Crippen molar-refractivity contribution in [1.29, 1.82) is 0 Å². The Labute approximate surface area is 377 Å². The third kappa shape index (κ3) is 6.86. The van der Waals surface area contributed by atoms with Gasteiger partial charge < -0.3 is 13.7 Å². The van der Waals surface area contributed by atoms with Crippen molar-refractivity contribution in [2.75, 3.05) is 4.90 Å². The van der Waals surface area contributed by atoms with Crippen molar-refractivity contribution in [3.05, 3.63) is 242 Å². The number of furan rings is 2. The maximum absolute atomic E-state index is 6.54. The van der Waals surface area contributed by atoms with Gasteiger partial charge in [-0.15, -0.1) is 0 Å². The number of allylic oxidation sites excluding steroid dienone is 3. The van der Waals surface area contributed by atoms with Gasteiger partial charge in [0.15, 0.2) is 0 Å². The van der Waals surface area contributed by atoms with E-state index in [9.17, 15) is 0 Å². The van der Waals surface area contributed by atoms with Crippen LogP contribution in [0.1, 0.15) is 12.5 Å². The second-order valence-corrected chi connectivity index (χ2v) is 16.7. The lowest BCUT2D eigenvalue weighted by atomic mass is 9.96. The molecule has 10 aromatic carbocycles. The summed E-state index contributed by atoms with van der Waals surface area (Å²) in [5.41, 5.74) is 15.1. The molecule has 0 aliphatic rings. The smallest absolute Gasteiger partial charge is 0.143 e. The molecular weight excluding hydrogens is 791 g/mol. The van der Waals surface area contributed by atoms with E-state index < -0.39 is 0 Å². The molecular formula is C62H43NO2. The highest BCUT2D eigenvalue weighted by Gasteiger charge is 2.19. The lowest BCUT2D eigenvalue weighted by Crippen LogP contribution is -2.16. The van der Waals surface area contributed by atoms with Gasteiger partial charge in [-0.25, -0.2) is 0 Å². The molecule has 12 rings (SSSR count). The Morgan fingerprint density at radius 2 is 1.03 bits per heavy atom. The molecule has 0 bridgehead atoms. The van der Waals surface area contributed by atoms with Gasteiger partial charge >= 0.3 is 0 Å². The van der Waals surface area contributed by atoms with Gasteiger partial charge in [0.05, 0.1) is 5.69 Å². The lowest BCUT2D eigenvalue weighted by Gasteiger charge is -2.29. The van der Waals surface area contributed by atoms with Crippen LogP contribution in [0.3, 0.4) is 0 Å². The van der Waals surface area contributed by atoms with Crippen LogP contribution in [0.25, 0.3) is 98.8 Å². The van der Waals surface area contributed by atoms with Gasteiger partial charge in [-0.3, -0.25) is 0 Å². The van der Waals surface area contributed by atoms with E-state index in [-0.39, 0.29) is 0 Å². The Morgan fingerprint density at radius 1 is 0.431 bits per heavy atom. The fourth-order valence-corrected chi connectivity index (χ4v) is 9.65. The Kier molecular flexibility index (Phi) is 9.46. The quantitative estimate of drug-likeness (QED) is 0.136. The van der Waals surface area contributed by atoms with E-state index in [1.807, 2.05) is 12.1 Å². The van der Waals surface area contributed by atoms with E-state index >= 15 is 0 Å². The zero-order valence-electron chi connectivity index (χ0n) is 35.9. The molecule has 0 spiro atoms. The highest BCUT2D eigenvalue weighted by Crippen LogP contribution is 2.42.